The first-order valence-electron chi connectivity index (χ1n) is 5.51. The van der Waals surface area contributed by atoms with Crippen molar-refractivity contribution in [2.24, 2.45) is 0 Å². The van der Waals surface area contributed by atoms with Crippen LogP contribution in [0.4, 0.5) is 0 Å². The van der Waals surface area contributed by atoms with Crippen molar-refractivity contribution < 1.29 is 0 Å². The van der Waals surface area contributed by atoms with E-state index in [9.17, 15) is 9.59 Å². The summed E-state index contributed by atoms with van der Waals surface area (Å²) in [5.41, 5.74) is 0.416. The van der Waals surface area contributed by atoms with Gasteiger partial charge in [0.1, 0.15) is 5.56 Å². The van der Waals surface area contributed by atoms with E-state index in [-0.39, 0.29) is 0 Å². The van der Waals surface area contributed by atoms with Crippen molar-refractivity contribution in [2.45, 2.75) is 13.5 Å². The first-order valence-corrected chi connectivity index (χ1v) is 5.51. The molecule has 4 heteroatoms. The van der Waals surface area contributed by atoms with Gasteiger partial charge in [-0.3, -0.25) is 14.3 Å². The molecule has 0 radical (unpaired) electrons. The zero-order valence-corrected chi connectivity index (χ0v) is 9.93. The average molecular weight is 240 g/mol. The summed E-state index contributed by atoms with van der Waals surface area (Å²) in [5.74, 6) is 5.33. The van der Waals surface area contributed by atoms with Crippen molar-refractivity contribution in [3.05, 3.63) is 68.5 Å². The van der Waals surface area contributed by atoms with E-state index < -0.39 is 11.2 Å². The third-order valence-electron chi connectivity index (χ3n) is 2.47. The Labute approximate surface area is 104 Å². The van der Waals surface area contributed by atoms with Crippen LogP contribution in [0.15, 0.2) is 46.1 Å². The Morgan fingerprint density at radius 2 is 1.94 bits per heavy atom. The number of benzene rings is 1. The summed E-state index contributed by atoms with van der Waals surface area (Å²) in [6.07, 6.45) is 1.49. The molecular formula is C14H12N2O2. The van der Waals surface area contributed by atoms with Gasteiger partial charge in [-0.2, -0.15) is 0 Å². The summed E-state index contributed by atoms with van der Waals surface area (Å²) in [6.45, 7) is 2.06. The van der Waals surface area contributed by atoms with E-state index >= 15 is 0 Å². The maximum absolute atomic E-state index is 11.7. The van der Waals surface area contributed by atoms with Crippen LogP contribution in [0.25, 0.3) is 0 Å². The number of H-pyrrole nitrogens is 1. The number of hydrogen-bond donors (Lipinski definition) is 1. The average Bonchev–Trinajstić information content (AvgIpc) is 2.37. The molecule has 0 saturated heterocycles. The van der Waals surface area contributed by atoms with E-state index in [0.29, 0.717) is 12.1 Å². The molecule has 0 unspecified atom stereocenters. The lowest BCUT2D eigenvalue weighted by molar-refractivity contribution is 0.718. The molecule has 0 atom stereocenters. The van der Waals surface area contributed by atoms with Crippen LogP contribution in [0.5, 0.6) is 0 Å². The molecule has 1 N–H and O–H groups in total. The Hall–Kier alpha value is -2.54. The zero-order chi connectivity index (χ0) is 13.0. The lowest BCUT2D eigenvalue weighted by Gasteiger charge is -2.05. The second kappa shape index (κ2) is 5.19. The highest BCUT2D eigenvalue weighted by molar-refractivity contribution is 5.29. The van der Waals surface area contributed by atoms with E-state index in [2.05, 4.69) is 16.8 Å². The van der Waals surface area contributed by atoms with Crippen LogP contribution in [-0.2, 0) is 6.54 Å². The Morgan fingerprint density at radius 3 is 2.61 bits per heavy atom. The first-order chi connectivity index (χ1) is 8.70. The van der Waals surface area contributed by atoms with Crippen LogP contribution >= 0.6 is 0 Å². The number of nitrogens with zero attached hydrogens (tertiary/aromatic N) is 1. The van der Waals surface area contributed by atoms with Crippen molar-refractivity contribution in [2.75, 3.05) is 0 Å². The minimum Gasteiger partial charge on any atom is -0.295 e. The monoisotopic (exact) mass is 240 g/mol. The van der Waals surface area contributed by atoms with E-state index in [1.54, 1.807) is 6.92 Å². The largest absolute Gasteiger partial charge is 0.328 e. The number of hydrogen-bond acceptors (Lipinski definition) is 2. The molecule has 0 amide bonds. The predicted molar refractivity (Wildman–Crippen MR) is 69.4 cm³/mol. The fraction of sp³-hybridized carbons (Fsp3) is 0.143. The minimum atomic E-state index is -0.446. The summed E-state index contributed by atoms with van der Waals surface area (Å²) in [7, 11) is 0. The fourth-order valence-electron chi connectivity index (χ4n) is 1.63. The van der Waals surface area contributed by atoms with Gasteiger partial charge in [-0.1, -0.05) is 36.3 Å². The summed E-state index contributed by atoms with van der Waals surface area (Å²) in [6, 6.07) is 9.55. The molecule has 0 spiro atoms. The van der Waals surface area contributed by atoms with Gasteiger partial charge in [-0.25, -0.2) is 4.79 Å². The maximum Gasteiger partial charge on any atom is 0.328 e. The summed E-state index contributed by atoms with van der Waals surface area (Å²) >= 11 is 0. The Bertz CT molecular complexity index is 715. The predicted octanol–water partition coefficient (Wildman–Crippen LogP) is 0.956. The Balaban J connectivity index is 2.45. The topological polar surface area (TPSA) is 54.9 Å². The van der Waals surface area contributed by atoms with Gasteiger partial charge in [-0.05, 0) is 12.5 Å². The molecular weight excluding hydrogens is 228 g/mol. The molecule has 90 valence electrons. The molecule has 2 aromatic rings. The molecule has 1 aromatic heterocycles. The highest BCUT2D eigenvalue weighted by Gasteiger charge is 2.02. The van der Waals surface area contributed by atoms with Crippen LogP contribution < -0.4 is 11.2 Å². The van der Waals surface area contributed by atoms with E-state index in [1.807, 2.05) is 30.3 Å². The van der Waals surface area contributed by atoms with E-state index in [4.69, 9.17) is 0 Å². The molecule has 0 aliphatic heterocycles. The number of nitrogens with one attached hydrogen (secondary N) is 1. The van der Waals surface area contributed by atoms with E-state index in [0.717, 1.165) is 5.56 Å². The number of aromatic nitrogens is 2. The Morgan fingerprint density at radius 1 is 1.22 bits per heavy atom. The van der Waals surface area contributed by atoms with Gasteiger partial charge in [0.2, 0.25) is 0 Å². The quantitative estimate of drug-likeness (QED) is 0.795. The van der Waals surface area contributed by atoms with Crippen LogP contribution in [0.2, 0.25) is 0 Å². The molecule has 4 nitrogen and oxygen atoms in total. The van der Waals surface area contributed by atoms with Crippen molar-refractivity contribution in [3.63, 3.8) is 0 Å². The zero-order valence-electron chi connectivity index (χ0n) is 9.93. The first kappa shape index (κ1) is 11.9. The maximum atomic E-state index is 11.7. The molecule has 2 rings (SSSR count). The summed E-state index contributed by atoms with van der Waals surface area (Å²) in [5, 5.41) is 0. The third-order valence-corrected chi connectivity index (χ3v) is 2.47. The van der Waals surface area contributed by atoms with Gasteiger partial charge in [0.25, 0.3) is 5.56 Å². The minimum absolute atomic E-state index is 0.299. The van der Waals surface area contributed by atoms with Crippen molar-refractivity contribution in [3.8, 4) is 11.8 Å². The lowest BCUT2D eigenvalue weighted by atomic mass is 10.2. The smallest absolute Gasteiger partial charge is 0.295 e. The van der Waals surface area contributed by atoms with Crippen LogP contribution in [0, 0.1) is 11.8 Å². The second-order valence-corrected chi connectivity index (χ2v) is 3.79. The number of aromatic amines is 1. The lowest BCUT2D eigenvalue weighted by Crippen LogP contribution is -2.31. The van der Waals surface area contributed by atoms with Crippen LogP contribution in [-0.4, -0.2) is 9.55 Å². The van der Waals surface area contributed by atoms with Crippen LogP contribution in [0.3, 0.4) is 0 Å². The molecule has 0 bridgehead atoms. The second-order valence-electron chi connectivity index (χ2n) is 3.79. The number of rotatable bonds is 2. The van der Waals surface area contributed by atoms with Crippen molar-refractivity contribution >= 4 is 0 Å². The molecule has 18 heavy (non-hydrogen) atoms. The van der Waals surface area contributed by atoms with Gasteiger partial charge >= 0.3 is 5.69 Å². The molecule has 0 saturated carbocycles. The SMILES string of the molecule is CC#Cc1cn(Cc2ccccc2)c(=O)[nH]c1=O. The van der Waals surface area contributed by atoms with E-state index in [1.165, 1.54) is 10.8 Å². The third kappa shape index (κ3) is 2.58. The normalized spacial score (nSPS) is 9.61. The summed E-state index contributed by atoms with van der Waals surface area (Å²) in [4.78, 5) is 25.4. The highest BCUT2D eigenvalue weighted by atomic mass is 16.2. The fourth-order valence-corrected chi connectivity index (χ4v) is 1.63. The van der Waals surface area contributed by atoms with Crippen LogP contribution in [0.1, 0.15) is 18.1 Å². The van der Waals surface area contributed by atoms with Gasteiger partial charge in [-0.15, -0.1) is 5.92 Å². The molecule has 0 aliphatic carbocycles. The van der Waals surface area contributed by atoms with Gasteiger partial charge in [0, 0.05) is 6.20 Å². The van der Waals surface area contributed by atoms with Gasteiger partial charge < -0.3 is 0 Å². The molecule has 0 fully saturated rings. The highest BCUT2D eigenvalue weighted by Crippen LogP contribution is 2.00. The Kier molecular flexibility index (Phi) is 3.44. The van der Waals surface area contributed by atoms with Crippen molar-refractivity contribution in [1.82, 2.24) is 9.55 Å². The van der Waals surface area contributed by atoms with Gasteiger partial charge in [0.15, 0.2) is 0 Å². The molecule has 1 heterocycles. The molecule has 0 aliphatic rings. The summed E-state index contributed by atoms with van der Waals surface area (Å²) < 4.78 is 1.44. The standard InChI is InChI=1S/C14H12N2O2/c1-2-6-12-10-16(14(18)15-13(12)17)9-11-7-4-3-5-8-11/h3-5,7-8,10H,9H2,1H3,(H,15,17,18). The van der Waals surface area contributed by atoms with Crippen molar-refractivity contribution in [1.29, 1.82) is 0 Å². The van der Waals surface area contributed by atoms with Gasteiger partial charge in [0.05, 0.1) is 6.54 Å². The molecule has 1 aromatic carbocycles.